The Hall–Kier alpha value is -0.300. The second-order valence-electron chi connectivity index (χ2n) is 6.03. The van der Waals surface area contributed by atoms with Crippen LogP contribution in [0.3, 0.4) is 0 Å². The van der Waals surface area contributed by atoms with Crippen molar-refractivity contribution in [3.63, 3.8) is 0 Å². The molecular formula is C14H27N. The van der Waals surface area contributed by atoms with Gasteiger partial charge in [0.15, 0.2) is 0 Å². The highest BCUT2D eigenvalue weighted by molar-refractivity contribution is 4.81. The van der Waals surface area contributed by atoms with E-state index in [9.17, 15) is 0 Å². The quantitative estimate of drug-likeness (QED) is 0.551. The zero-order valence-corrected chi connectivity index (χ0v) is 10.7. The average Bonchev–Trinajstić information content (AvgIpc) is 2.18. The summed E-state index contributed by atoms with van der Waals surface area (Å²) in [4.78, 5) is 0. The van der Waals surface area contributed by atoms with Crippen LogP contribution in [0.5, 0.6) is 0 Å². The van der Waals surface area contributed by atoms with Gasteiger partial charge in [0.25, 0.3) is 0 Å². The van der Waals surface area contributed by atoms with Gasteiger partial charge in [0, 0.05) is 6.54 Å². The van der Waals surface area contributed by atoms with E-state index in [0.29, 0.717) is 5.41 Å². The maximum absolute atomic E-state index is 3.73. The third-order valence-corrected chi connectivity index (χ3v) is 3.79. The summed E-state index contributed by atoms with van der Waals surface area (Å²) in [6.45, 7) is 13.0. The van der Waals surface area contributed by atoms with Gasteiger partial charge in [-0.25, -0.2) is 0 Å². The van der Waals surface area contributed by atoms with E-state index in [1.54, 1.807) is 0 Å². The molecule has 1 fully saturated rings. The Kier molecular flexibility index (Phi) is 4.85. The summed E-state index contributed by atoms with van der Waals surface area (Å²) >= 11 is 0. The van der Waals surface area contributed by atoms with E-state index in [1.807, 2.05) is 6.08 Å². The van der Waals surface area contributed by atoms with Crippen LogP contribution < -0.4 is 5.32 Å². The molecule has 15 heavy (non-hydrogen) atoms. The Morgan fingerprint density at radius 1 is 1.20 bits per heavy atom. The van der Waals surface area contributed by atoms with E-state index in [2.05, 4.69) is 32.7 Å². The summed E-state index contributed by atoms with van der Waals surface area (Å²) < 4.78 is 0. The Labute approximate surface area is 95.3 Å². The van der Waals surface area contributed by atoms with E-state index < -0.39 is 0 Å². The van der Waals surface area contributed by atoms with Crippen molar-refractivity contribution in [2.24, 2.45) is 17.3 Å². The summed E-state index contributed by atoms with van der Waals surface area (Å²) in [6.07, 6.45) is 7.60. The van der Waals surface area contributed by atoms with Crippen molar-refractivity contribution < 1.29 is 0 Å². The highest BCUT2D eigenvalue weighted by Crippen LogP contribution is 2.39. The monoisotopic (exact) mass is 209 g/mol. The lowest BCUT2D eigenvalue weighted by Gasteiger charge is -2.37. The fraction of sp³-hybridized carbons (Fsp3) is 0.857. The zero-order chi connectivity index (χ0) is 11.3. The van der Waals surface area contributed by atoms with Crippen LogP contribution in [0.1, 0.15) is 46.5 Å². The first-order valence-corrected chi connectivity index (χ1v) is 6.35. The maximum Gasteiger partial charge on any atom is 0.0132 e. The van der Waals surface area contributed by atoms with Gasteiger partial charge in [0.05, 0.1) is 0 Å². The minimum Gasteiger partial charge on any atom is -0.313 e. The van der Waals surface area contributed by atoms with Crippen LogP contribution in [0.4, 0.5) is 0 Å². The molecule has 1 aliphatic rings. The Balaban J connectivity index is 2.21. The van der Waals surface area contributed by atoms with Crippen molar-refractivity contribution in [2.75, 3.05) is 13.1 Å². The van der Waals surface area contributed by atoms with Crippen LogP contribution in [0.2, 0.25) is 0 Å². The van der Waals surface area contributed by atoms with E-state index in [0.717, 1.165) is 18.4 Å². The smallest absolute Gasteiger partial charge is 0.0132 e. The number of hydrogen-bond acceptors (Lipinski definition) is 1. The van der Waals surface area contributed by atoms with E-state index in [1.165, 1.54) is 32.2 Å². The first-order valence-electron chi connectivity index (χ1n) is 6.35. The molecule has 0 bridgehead atoms. The lowest BCUT2D eigenvalue weighted by Crippen LogP contribution is -2.30. The molecule has 1 rings (SSSR count). The van der Waals surface area contributed by atoms with E-state index in [-0.39, 0.29) is 0 Å². The first-order chi connectivity index (χ1) is 7.04. The lowest BCUT2D eigenvalue weighted by atomic mass is 9.70. The molecule has 1 saturated carbocycles. The molecule has 0 heterocycles. The van der Waals surface area contributed by atoms with Gasteiger partial charge in [0.2, 0.25) is 0 Å². The van der Waals surface area contributed by atoms with Crippen LogP contribution in [0.15, 0.2) is 12.7 Å². The number of rotatable bonds is 4. The average molecular weight is 209 g/mol. The first kappa shape index (κ1) is 12.8. The molecule has 1 N–H and O–H groups in total. The SMILES string of the molecule is C=CCNCC1CCC(C(C)(C)C)CC1. The lowest BCUT2D eigenvalue weighted by molar-refractivity contribution is 0.149. The van der Waals surface area contributed by atoms with Crippen LogP contribution >= 0.6 is 0 Å². The molecule has 0 aromatic rings. The van der Waals surface area contributed by atoms with Crippen molar-refractivity contribution >= 4 is 0 Å². The fourth-order valence-electron chi connectivity index (χ4n) is 2.62. The van der Waals surface area contributed by atoms with Gasteiger partial charge in [-0.3, -0.25) is 0 Å². The molecule has 0 spiro atoms. The van der Waals surface area contributed by atoms with Gasteiger partial charge in [-0.15, -0.1) is 6.58 Å². The number of nitrogens with one attached hydrogen (secondary N) is 1. The predicted molar refractivity (Wildman–Crippen MR) is 68.0 cm³/mol. The minimum absolute atomic E-state index is 0.513. The third-order valence-electron chi connectivity index (χ3n) is 3.79. The molecular weight excluding hydrogens is 182 g/mol. The topological polar surface area (TPSA) is 12.0 Å². The second-order valence-corrected chi connectivity index (χ2v) is 6.03. The van der Waals surface area contributed by atoms with E-state index >= 15 is 0 Å². The largest absolute Gasteiger partial charge is 0.313 e. The summed E-state index contributed by atoms with van der Waals surface area (Å²) in [5, 5.41) is 3.44. The Morgan fingerprint density at radius 2 is 1.80 bits per heavy atom. The minimum atomic E-state index is 0.513. The highest BCUT2D eigenvalue weighted by atomic mass is 14.8. The molecule has 0 aliphatic heterocycles. The van der Waals surface area contributed by atoms with Crippen molar-refractivity contribution in [1.29, 1.82) is 0 Å². The summed E-state index contributed by atoms with van der Waals surface area (Å²) in [5.41, 5.74) is 0.513. The third kappa shape index (κ3) is 4.38. The van der Waals surface area contributed by atoms with Gasteiger partial charge < -0.3 is 5.32 Å². The fourth-order valence-corrected chi connectivity index (χ4v) is 2.62. The summed E-state index contributed by atoms with van der Waals surface area (Å²) in [7, 11) is 0. The Morgan fingerprint density at radius 3 is 2.27 bits per heavy atom. The van der Waals surface area contributed by atoms with Crippen molar-refractivity contribution in [3.05, 3.63) is 12.7 Å². The molecule has 0 amide bonds. The second kappa shape index (κ2) is 5.69. The Bertz CT molecular complexity index is 182. The van der Waals surface area contributed by atoms with Gasteiger partial charge in [0.1, 0.15) is 0 Å². The van der Waals surface area contributed by atoms with Crippen molar-refractivity contribution in [1.82, 2.24) is 5.32 Å². The molecule has 0 aromatic heterocycles. The van der Waals surface area contributed by atoms with Crippen LogP contribution in [-0.2, 0) is 0 Å². The molecule has 1 nitrogen and oxygen atoms in total. The molecule has 0 saturated heterocycles. The predicted octanol–water partition coefficient (Wildman–Crippen LogP) is 3.61. The van der Waals surface area contributed by atoms with Crippen molar-refractivity contribution in [3.8, 4) is 0 Å². The molecule has 1 aliphatic carbocycles. The number of hydrogen-bond donors (Lipinski definition) is 1. The molecule has 0 radical (unpaired) electrons. The summed E-state index contributed by atoms with van der Waals surface area (Å²) in [5.74, 6) is 1.84. The standard InChI is InChI=1S/C14H27N/c1-5-10-15-11-12-6-8-13(9-7-12)14(2,3)4/h5,12-13,15H,1,6-11H2,2-4H3. The van der Waals surface area contributed by atoms with Crippen LogP contribution in [0.25, 0.3) is 0 Å². The van der Waals surface area contributed by atoms with Gasteiger partial charge in [-0.1, -0.05) is 26.8 Å². The van der Waals surface area contributed by atoms with Gasteiger partial charge in [-0.2, -0.15) is 0 Å². The summed E-state index contributed by atoms with van der Waals surface area (Å²) in [6, 6.07) is 0. The van der Waals surface area contributed by atoms with Crippen LogP contribution in [-0.4, -0.2) is 13.1 Å². The molecule has 0 atom stereocenters. The van der Waals surface area contributed by atoms with Gasteiger partial charge >= 0.3 is 0 Å². The highest BCUT2D eigenvalue weighted by Gasteiger charge is 2.29. The molecule has 0 unspecified atom stereocenters. The van der Waals surface area contributed by atoms with E-state index in [4.69, 9.17) is 0 Å². The molecule has 0 aromatic carbocycles. The van der Waals surface area contributed by atoms with Crippen molar-refractivity contribution in [2.45, 2.75) is 46.5 Å². The zero-order valence-electron chi connectivity index (χ0n) is 10.7. The maximum atomic E-state index is 3.73. The van der Waals surface area contributed by atoms with Gasteiger partial charge in [-0.05, 0) is 49.5 Å². The molecule has 88 valence electrons. The normalized spacial score (nSPS) is 27.7. The van der Waals surface area contributed by atoms with Crippen LogP contribution in [0, 0.1) is 17.3 Å². The molecule has 1 heteroatoms.